The Bertz CT molecular complexity index is 1010. The van der Waals surface area contributed by atoms with Crippen LogP contribution in [0.25, 0.3) is 5.69 Å². The molecule has 0 saturated carbocycles. The van der Waals surface area contributed by atoms with Crippen LogP contribution in [-0.4, -0.2) is 28.4 Å². The first kappa shape index (κ1) is 15.0. The molecule has 0 saturated heterocycles. The Hall–Kier alpha value is -3.54. The van der Waals surface area contributed by atoms with E-state index in [-0.39, 0.29) is 5.56 Å². The molecule has 6 nitrogen and oxygen atoms in total. The van der Waals surface area contributed by atoms with Gasteiger partial charge in [0.25, 0.3) is 5.56 Å². The van der Waals surface area contributed by atoms with Crippen molar-refractivity contribution in [1.82, 2.24) is 9.78 Å². The molecule has 2 aromatic carbocycles. The van der Waals surface area contributed by atoms with E-state index in [0.717, 1.165) is 0 Å². The SMILES string of the molecule is O=c1cc(Oc2ccccc2)c(C2=NCC=N2)nn1-c1ccccc1. The smallest absolute Gasteiger partial charge is 0.275 e. The van der Waals surface area contributed by atoms with Gasteiger partial charge in [-0.1, -0.05) is 36.4 Å². The maximum absolute atomic E-state index is 12.5. The minimum absolute atomic E-state index is 0.288. The molecule has 4 rings (SSSR count). The number of nitrogens with zero attached hydrogens (tertiary/aromatic N) is 4. The number of aliphatic imine (C=N–C) groups is 2. The monoisotopic (exact) mass is 330 g/mol. The molecular formula is C19H14N4O2. The predicted octanol–water partition coefficient (Wildman–Crippen LogP) is 2.86. The van der Waals surface area contributed by atoms with Crippen molar-refractivity contribution >= 4 is 12.1 Å². The zero-order valence-electron chi connectivity index (χ0n) is 13.2. The molecule has 2 heterocycles. The Morgan fingerprint density at radius 1 is 0.960 bits per heavy atom. The second-order valence-electron chi connectivity index (χ2n) is 5.33. The molecule has 122 valence electrons. The zero-order chi connectivity index (χ0) is 17.1. The van der Waals surface area contributed by atoms with Crippen molar-refractivity contribution in [2.45, 2.75) is 0 Å². The first-order valence-corrected chi connectivity index (χ1v) is 7.81. The van der Waals surface area contributed by atoms with Crippen molar-refractivity contribution in [3.8, 4) is 17.2 Å². The number of ether oxygens (including phenoxy) is 1. The third kappa shape index (κ3) is 3.10. The number of hydrogen-bond donors (Lipinski definition) is 0. The number of hydrogen-bond acceptors (Lipinski definition) is 5. The molecule has 1 aliphatic rings. The highest BCUT2D eigenvalue weighted by molar-refractivity contribution is 6.06. The fourth-order valence-corrected chi connectivity index (χ4v) is 2.47. The number of aromatic nitrogens is 2. The van der Waals surface area contributed by atoms with E-state index in [1.807, 2.05) is 60.7 Å². The van der Waals surface area contributed by atoms with E-state index in [1.165, 1.54) is 10.7 Å². The molecule has 25 heavy (non-hydrogen) atoms. The van der Waals surface area contributed by atoms with Crippen LogP contribution in [0.3, 0.4) is 0 Å². The highest BCUT2D eigenvalue weighted by atomic mass is 16.5. The summed E-state index contributed by atoms with van der Waals surface area (Å²) in [5.74, 6) is 1.40. The molecule has 0 radical (unpaired) electrons. The van der Waals surface area contributed by atoms with Gasteiger partial charge in [0.05, 0.1) is 18.3 Å². The summed E-state index contributed by atoms with van der Waals surface area (Å²) < 4.78 is 7.19. The van der Waals surface area contributed by atoms with Gasteiger partial charge in [-0.3, -0.25) is 9.79 Å². The van der Waals surface area contributed by atoms with Crippen LogP contribution in [0.4, 0.5) is 0 Å². The summed E-state index contributed by atoms with van der Waals surface area (Å²) in [7, 11) is 0. The van der Waals surface area contributed by atoms with E-state index in [4.69, 9.17) is 4.74 Å². The van der Waals surface area contributed by atoms with E-state index >= 15 is 0 Å². The Morgan fingerprint density at radius 2 is 1.68 bits per heavy atom. The van der Waals surface area contributed by atoms with E-state index in [9.17, 15) is 4.79 Å². The highest BCUT2D eigenvalue weighted by Gasteiger charge is 2.18. The van der Waals surface area contributed by atoms with Gasteiger partial charge in [-0.25, -0.2) is 4.99 Å². The second-order valence-corrected chi connectivity index (χ2v) is 5.33. The lowest BCUT2D eigenvalue weighted by Crippen LogP contribution is -2.23. The van der Waals surface area contributed by atoms with Crippen LogP contribution in [0.2, 0.25) is 0 Å². The predicted molar refractivity (Wildman–Crippen MR) is 96.2 cm³/mol. The maximum atomic E-state index is 12.5. The molecule has 0 unspecified atom stereocenters. The molecule has 0 amide bonds. The Balaban J connectivity index is 1.85. The molecule has 0 bridgehead atoms. The lowest BCUT2D eigenvalue weighted by Gasteiger charge is -2.12. The fraction of sp³-hybridized carbons (Fsp3) is 0.0526. The van der Waals surface area contributed by atoms with Gasteiger partial charge in [-0.05, 0) is 24.3 Å². The third-order valence-electron chi connectivity index (χ3n) is 3.62. The lowest BCUT2D eigenvalue weighted by molar-refractivity contribution is 0.473. The Morgan fingerprint density at radius 3 is 2.36 bits per heavy atom. The number of para-hydroxylation sites is 2. The maximum Gasteiger partial charge on any atom is 0.275 e. The van der Waals surface area contributed by atoms with Gasteiger partial charge in [0, 0.05) is 6.21 Å². The largest absolute Gasteiger partial charge is 0.455 e. The molecule has 0 aliphatic carbocycles. The Labute approximate surface area is 143 Å². The molecular weight excluding hydrogens is 316 g/mol. The van der Waals surface area contributed by atoms with Crippen molar-refractivity contribution in [2.24, 2.45) is 9.98 Å². The van der Waals surface area contributed by atoms with E-state index in [0.29, 0.717) is 35.3 Å². The van der Waals surface area contributed by atoms with Crippen molar-refractivity contribution in [3.63, 3.8) is 0 Å². The third-order valence-corrected chi connectivity index (χ3v) is 3.62. The average molecular weight is 330 g/mol. The van der Waals surface area contributed by atoms with Crippen LogP contribution >= 0.6 is 0 Å². The summed E-state index contributed by atoms with van der Waals surface area (Å²) in [4.78, 5) is 21.1. The summed E-state index contributed by atoms with van der Waals surface area (Å²) in [6.45, 7) is 0.492. The molecule has 6 heteroatoms. The minimum atomic E-state index is -0.288. The van der Waals surface area contributed by atoms with Gasteiger partial charge >= 0.3 is 0 Å². The lowest BCUT2D eigenvalue weighted by atomic mass is 10.3. The van der Waals surface area contributed by atoms with Crippen molar-refractivity contribution in [1.29, 1.82) is 0 Å². The molecule has 1 aromatic heterocycles. The minimum Gasteiger partial charge on any atom is -0.455 e. The van der Waals surface area contributed by atoms with E-state index in [1.54, 1.807) is 6.21 Å². The van der Waals surface area contributed by atoms with E-state index in [2.05, 4.69) is 15.1 Å². The Kier molecular flexibility index (Phi) is 3.92. The second kappa shape index (κ2) is 6.52. The van der Waals surface area contributed by atoms with Gasteiger partial charge < -0.3 is 4.74 Å². The van der Waals surface area contributed by atoms with Crippen molar-refractivity contribution in [2.75, 3.05) is 6.54 Å². The number of rotatable bonds is 4. The van der Waals surface area contributed by atoms with Crippen molar-refractivity contribution < 1.29 is 4.74 Å². The van der Waals surface area contributed by atoms with Crippen LogP contribution in [0.1, 0.15) is 5.69 Å². The molecule has 0 spiro atoms. The normalized spacial score (nSPS) is 12.9. The van der Waals surface area contributed by atoms with Crippen LogP contribution < -0.4 is 10.3 Å². The molecule has 0 fully saturated rings. The standard InChI is InChI=1S/C19H14N4O2/c24-17-13-16(25-15-9-5-2-6-10-15)18(19-20-11-12-21-19)22-23(17)14-7-3-1-4-8-14/h1-11,13H,12H2. The van der Waals surface area contributed by atoms with Gasteiger partial charge in [-0.15, -0.1) is 0 Å². The molecule has 0 atom stereocenters. The van der Waals surface area contributed by atoms with Crippen LogP contribution in [0, 0.1) is 0 Å². The number of benzene rings is 2. The first-order valence-electron chi connectivity index (χ1n) is 7.81. The van der Waals surface area contributed by atoms with Gasteiger partial charge in [0.1, 0.15) is 5.75 Å². The average Bonchev–Trinajstić information content (AvgIpc) is 3.18. The van der Waals surface area contributed by atoms with Crippen LogP contribution in [0.15, 0.2) is 81.5 Å². The van der Waals surface area contributed by atoms with Crippen LogP contribution in [-0.2, 0) is 0 Å². The first-order chi connectivity index (χ1) is 12.3. The van der Waals surface area contributed by atoms with Gasteiger partial charge in [-0.2, -0.15) is 9.78 Å². The highest BCUT2D eigenvalue weighted by Crippen LogP contribution is 2.24. The summed E-state index contributed by atoms with van der Waals surface area (Å²) >= 11 is 0. The van der Waals surface area contributed by atoms with Gasteiger partial charge in [0.2, 0.25) is 0 Å². The number of amidine groups is 1. The molecule has 0 N–H and O–H groups in total. The summed E-state index contributed by atoms with van der Waals surface area (Å²) in [5.41, 5.74) is 0.812. The summed E-state index contributed by atoms with van der Waals surface area (Å²) in [5, 5.41) is 4.46. The zero-order valence-corrected chi connectivity index (χ0v) is 13.2. The summed E-state index contributed by atoms with van der Waals surface area (Å²) in [6, 6.07) is 19.9. The topological polar surface area (TPSA) is 68.8 Å². The molecule has 3 aromatic rings. The quantitative estimate of drug-likeness (QED) is 0.738. The van der Waals surface area contributed by atoms with E-state index < -0.39 is 0 Å². The van der Waals surface area contributed by atoms with Crippen molar-refractivity contribution in [3.05, 3.63) is 82.8 Å². The summed E-state index contributed by atoms with van der Waals surface area (Å²) in [6.07, 6.45) is 1.70. The van der Waals surface area contributed by atoms with Gasteiger partial charge in [0.15, 0.2) is 17.3 Å². The fourth-order valence-electron chi connectivity index (χ4n) is 2.47. The molecule has 1 aliphatic heterocycles. The van der Waals surface area contributed by atoms with Crippen LogP contribution in [0.5, 0.6) is 11.5 Å².